The van der Waals surface area contributed by atoms with Crippen LogP contribution in [-0.4, -0.2) is 24.2 Å². The van der Waals surface area contributed by atoms with E-state index in [1.165, 1.54) is 22.5 Å². The van der Waals surface area contributed by atoms with Crippen LogP contribution in [0.5, 0.6) is 0 Å². The minimum absolute atomic E-state index is 0.0532. The minimum atomic E-state index is -0.219. The van der Waals surface area contributed by atoms with Crippen LogP contribution in [0.25, 0.3) is 10.2 Å². The van der Waals surface area contributed by atoms with E-state index in [2.05, 4.69) is 28.3 Å². The Morgan fingerprint density at radius 1 is 1.17 bits per heavy atom. The van der Waals surface area contributed by atoms with Gasteiger partial charge in [-0.25, -0.2) is 4.39 Å². The molecular formula is C18H17FN2OS. The summed E-state index contributed by atoms with van der Waals surface area (Å²) < 4.78 is 20.4. The molecule has 1 fully saturated rings. The van der Waals surface area contributed by atoms with Crippen LogP contribution >= 0.6 is 11.3 Å². The number of aromatic nitrogens is 1. The van der Waals surface area contributed by atoms with E-state index in [0.717, 1.165) is 24.2 Å². The fourth-order valence-corrected chi connectivity index (χ4v) is 4.01. The highest BCUT2D eigenvalue weighted by molar-refractivity contribution is 7.17. The molecule has 1 aliphatic rings. The van der Waals surface area contributed by atoms with Gasteiger partial charge in [0.05, 0.1) is 22.0 Å². The van der Waals surface area contributed by atoms with Crippen molar-refractivity contribution >= 4 is 27.2 Å². The molecule has 0 amide bonds. The maximum atomic E-state index is 13.2. The number of hydrogen-bond acceptors (Lipinski definition) is 4. The largest absolute Gasteiger partial charge is 0.367 e. The lowest BCUT2D eigenvalue weighted by Gasteiger charge is -2.38. The molecule has 118 valence electrons. The monoisotopic (exact) mass is 328 g/mol. The Kier molecular flexibility index (Phi) is 3.75. The predicted molar refractivity (Wildman–Crippen MR) is 91.5 cm³/mol. The third-order valence-corrected chi connectivity index (χ3v) is 5.09. The van der Waals surface area contributed by atoms with E-state index in [9.17, 15) is 4.39 Å². The van der Waals surface area contributed by atoms with Crippen LogP contribution in [0.1, 0.15) is 18.6 Å². The van der Waals surface area contributed by atoms with Crippen molar-refractivity contribution in [2.75, 3.05) is 18.0 Å². The smallest absolute Gasteiger partial charge is 0.123 e. The van der Waals surface area contributed by atoms with Crippen LogP contribution in [0.15, 0.2) is 48.0 Å². The van der Waals surface area contributed by atoms with Crippen molar-refractivity contribution in [3.05, 3.63) is 59.4 Å². The van der Waals surface area contributed by atoms with Crippen molar-refractivity contribution in [3.63, 3.8) is 0 Å². The molecule has 3 heterocycles. The fraction of sp³-hybridized carbons (Fsp3) is 0.278. The van der Waals surface area contributed by atoms with Gasteiger partial charge in [0.1, 0.15) is 11.9 Å². The van der Waals surface area contributed by atoms with E-state index < -0.39 is 0 Å². The molecule has 0 spiro atoms. The summed E-state index contributed by atoms with van der Waals surface area (Å²) in [6.07, 6.45) is 1.92. The van der Waals surface area contributed by atoms with E-state index in [4.69, 9.17) is 4.74 Å². The maximum absolute atomic E-state index is 13.2. The van der Waals surface area contributed by atoms with E-state index >= 15 is 0 Å². The predicted octanol–water partition coefficient (Wildman–Crippen LogP) is 4.40. The first-order valence-corrected chi connectivity index (χ1v) is 8.57. The average molecular weight is 328 g/mol. The van der Waals surface area contributed by atoms with Gasteiger partial charge in [0.15, 0.2) is 0 Å². The number of halogens is 1. The minimum Gasteiger partial charge on any atom is -0.367 e. The molecule has 1 aliphatic heterocycles. The Labute approximate surface area is 138 Å². The van der Waals surface area contributed by atoms with E-state index in [1.807, 2.05) is 24.4 Å². The molecule has 3 aromatic rings. The summed E-state index contributed by atoms with van der Waals surface area (Å²) in [5.41, 5.74) is 3.25. The second-order valence-corrected chi connectivity index (χ2v) is 6.77. The number of pyridine rings is 1. The average Bonchev–Trinajstić information content (AvgIpc) is 3.03. The highest BCUT2D eigenvalue weighted by Crippen LogP contribution is 2.34. The Morgan fingerprint density at radius 2 is 2.00 bits per heavy atom. The summed E-state index contributed by atoms with van der Waals surface area (Å²) in [7, 11) is 0. The van der Waals surface area contributed by atoms with Crippen molar-refractivity contribution in [2.45, 2.75) is 19.1 Å². The summed E-state index contributed by atoms with van der Waals surface area (Å²) in [5.74, 6) is -0.219. The van der Waals surface area contributed by atoms with Gasteiger partial charge in [0, 0.05) is 19.3 Å². The van der Waals surface area contributed by atoms with Crippen molar-refractivity contribution in [1.29, 1.82) is 0 Å². The Bertz CT molecular complexity index is 817. The second-order valence-electron chi connectivity index (χ2n) is 5.86. The highest BCUT2D eigenvalue weighted by atomic mass is 32.1. The van der Waals surface area contributed by atoms with Crippen LogP contribution < -0.4 is 4.90 Å². The number of hydrogen-bond donors (Lipinski definition) is 0. The summed E-state index contributed by atoms with van der Waals surface area (Å²) in [6, 6.07) is 10.7. The molecule has 0 radical (unpaired) electrons. The topological polar surface area (TPSA) is 25.4 Å². The van der Waals surface area contributed by atoms with E-state index in [1.54, 1.807) is 11.3 Å². The molecule has 5 heteroatoms. The Hall–Kier alpha value is -1.98. The number of anilines is 1. The van der Waals surface area contributed by atoms with Gasteiger partial charge in [0.25, 0.3) is 0 Å². The third kappa shape index (κ3) is 2.82. The second kappa shape index (κ2) is 5.91. The first kappa shape index (κ1) is 14.6. The van der Waals surface area contributed by atoms with Gasteiger partial charge in [-0.2, -0.15) is 0 Å². The molecule has 3 nitrogen and oxygen atoms in total. The zero-order chi connectivity index (χ0) is 15.8. The quantitative estimate of drug-likeness (QED) is 0.697. The summed E-state index contributed by atoms with van der Waals surface area (Å²) in [4.78, 5) is 6.76. The number of thiophene rings is 1. The fourth-order valence-electron chi connectivity index (χ4n) is 3.12. The van der Waals surface area contributed by atoms with Gasteiger partial charge >= 0.3 is 0 Å². The number of benzene rings is 1. The summed E-state index contributed by atoms with van der Waals surface area (Å²) in [5, 5.41) is 2.07. The molecular weight excluding hydrogens is 311 g/mol. The van der Waals surface area contributed by atoms with Crippen LogP contribution in [0, 0.1) is 5.82 Å². The first-order chi connectivity index (χ1) is 11.2. The highest BCUT2D eigenvalue weighted by Gasteiger charge is 2.27. The Balaban J connectivity index is 1.67. The van der Waals surface area contributed by atoms with Gasteiger partial charge < -0.3 is 9.64 Å². The van der Waals surface area contributed by atoms with Gasteiger partial charge in [-0.3, -0.25) is 4.98 Å². The molecule has 1 aromatic carbocycles. The Morgan fingerprint density at radius 3 is 2.83 bits per heavy atom. The van der Waals surface area contributed by atoms with Crippen molar-refractivity contribution in [1.82, 2.24) is 4.98 Å². The van der Waals surface area contributed by atoms with Crippen molar-refractivity contribution in [3.8, 4) is 0 Å². The number of morpholine rings is 1. The standard InChI is InChI=1S/C18H17FN2OS/c1-12-10-21(16-6-8-20-15-7-9-23-18(15)16)11-17(22-12)13-2-4-14(19)5-3-13/h2-9,12,17H,10-11H2,1H3. The number of nitrogens with zero attached hydrogens (tertiary/aromatic N) is 2. The summed E-state index contributed by atoms with van der Waals surface area (Å²) >= 11 is 1.71. The van der Waals surface area contributed by atoms with Gasteiger partial charge in [-0.05, 0) is 42.1 Å². The van der Waals surface area contributed by atoms with Crippen LogP contribution in [0.4, 0.5) is 10.1 Å². The molecule has 23 heavy (non-hydrogen) atoms. The number of ether oxygens (including phenoxy) is 1. The molecule has 0 aliphatic carbocycles. The molecule has 4 rings (SSSR count). The van der Waals surface area contributed by atoms with Crippen molar-refractivity contribution < 1.29 is 9.13 Å². The molecule has 2 atom stereocenters. The first-order valence-electron chi connectivity index (χ1n) is 7.69. The normalized spacial score (nSPS) is 21.7. The molecule has 0 bridgehead atoms. The van der Waals surface area contributed by atoms with Gasteiger partial charge in [0.2, 0.25) is 0 Å². The van der Waals surface area contributed by atoms with Crippen LogP contribution in [0.2, 0.25) is 0 Å². The zero-order valence-electron chi connectivity index (χ0n) is 12.8. The number of fused-ring (bicyclic) bond motifs is 1. The van der Waals surface area contributed by atoms with E-state index in [-0.39, 0.29) is 18.0 Å². The molecule has 2 unspecified atom stereocenters. The maximum Gasteiger partial charge on any atom is 0.123 e. The molecule has 1 saturated heterocycles. The lowest BCUT2D eigenvalue weighted by atomic mass is 10.1. The van der Waals surface area contributed by atoms with Crippen LogP contribution in [0.3, 0.4) is 0 Å². The SMILES string of the molecule is CC1CN(c2ccnc3ccsc23)CC(c2ccc(F)cc2)O1. The lowest BCUT2D eigenvalue weighted by Crippen LogP contribution is -2.43. The van der Waals surface area contributed by atoms with Crippen molar-refractivity contribution in [2.24, 2.45) is 0 Å². The number of rotatable bonds is 2. The lowest BCUT2D eigenvalue weighted by molar-refractivity contribution is -0.0173. The van der Waals surface area contributed by atoms with Gasteiger partial charge in [-0.1, -0.05) is 12.1 Å². The zero-order valence-corrected chi connectivity index (χ0v) is 13.6. The van der Waals surface area contributed by atoms with E-state index in [0.29, 0.717) is 0 Å². The van der Waals surface area contributed by atoms with Gasteiger partial charge in [-0.15, -0.1) is 11.3 Å². The third-order valence-electron chi connectivity index (χ3n) is 4.17. The molecule has 2 aromatic heterocycles. The summed E-state index contributed by atoms with van der Waals surface area (Å²) in [6.45, 7) is 3.68. The molecule has 0 saturated carbocycles. The molecule has 0 N–H and O–H groups in total. The van der Waals surface area contributed by atoms with Crippen LogP contribution in [-0.2, 0) is 4.74 Å².